The molecule has 0 saturated carbocycles. The van der Waals surface area contributed by atoms with Gasteiger partial charge < -0.3 is 15.5 Å². The summed E-state index contributed by atoms with van der Waals surface area (Å²) in [6, 6.07) is 15.7. The Balaban J connectivity index is 1.71. The fourth-order valence-corrected chi connectivity index (χ4v) is 3.27. The highest BCUT2D eigenvalue weighted by molar-refractivity contribution is 8.00. The molecule has 5 nitrogen and oxygen atoms in total. The zero-order chi connectivity index (χ0) is 19.6. The number of carbonyl (C=O) groups excluding carboxylic acids is 2. The van der Waals surface area contributed by atoms with E-state index in [9.17, 15) is 9.59 Å². The second-order valence-electron chi connectivity index (χ2n) is 6.69. The Hall–Kier alpha value is -2.31. The van der Waals surface area contributed by atoms with Crippen LogP contribution in [0.15, 0.2) is 48.5 Å². The van der Waals surface area contributed by atoms with Crippen LogP contribution in [0.4, 0.5) is 5.69 Å². The number of rotatable bonds is 9. The molecule has 0 fully saturated rings. The molecule has 27 heavy (non-hydrogen) atoms. The zero-order valence-corrected chi connectivity index (χ0v) is 16.9. The quantitative estimate of drug-likeness (QED) is 0.696. The first kappa shape index (κ1) is 21.0. The molecule has 2 aromatic carbocycles. The minimum atomic E-state index is -0.102. The lowest BCUT2D eigenvalue weighted by Gasteiger charge is -2.14. The van der Waals surface area contributed by atoms with E-state index in [1.165, 1.54) is 17.3 Å². The molecular formula is C21H27N3O2S. The van der Waals surface area contributed by atoms with E-state index in [0.29, 0.717) is 6.54 Å². The van der Waals surface area contributed by atoms with Crippen LogP contribution in [0.25, 0.3) is 0 Å². The summed E-state index contributed by atoms with van der Waals surface area (Å²) < 4.78 is 0. The van der Waals surface area contributed by atoms with Crippen LogP contribution >= 0.6 is 11.8 Å². The van der Waals surface area contributed by atoms with E-state index in [0.717, 1.165) is 23.4 Å². The Morgan fingerprint density at radius 2 is 1.67 bits per heavy atom. The predicted octanol–water partition coefficient (Wildman–Crippen LogP) is 3.04. The molecule has 0 aliphatic rings. The third kappa shape index (κ3) is 7.85. The second kappa shape index (κ2) is 10.7. The average Bonchev–Trinajstić information content (AvgIpc) is 2.60. The van der Waals surface area contributed by atoms with Gasteiger partial charge in [0.2, 0.25) is 11.8 Å². The molecule has 0 aliphatic heterocycles. The number of nitrogens with zero attached hydrogens (tertiary/aromatic N) is 1. The molecule has 2 rings (SSSR count). The Morgan fingerprint density at radius 3 is 2.37 bits per heavy atom. The van der Waals surface area contributed by atoms with Gasteiger partial charge in [-0.05, 0) is 49.8 Å². The molecule has 2 N–H and O–H groups in total. The molecule has 6 heteroatoms. The highest BCUT2D eigenvalue weighted by atomic mass is 32.2. The molecule has 0 spiro atoms. The summed E-state index contributed by atoms with van der Waals surface area (Å²) in [5.41, 5.74) is 4.19. The van der Waals surface area contributed by atoms with Crippen molar-refractivity contribution in [2.75, 3.05) is 30.9 Å². The molecule has 2 amide bonds. The lowest BCUT2D eigenvalue weighted by Crippen LogP contribution is -2.26. The van der Waals surface area contributed by atoms with Crippen molar-refractivity contribution in [3.8, 4) is 0 Å². The van der Waals surface area contributed by atoms with Crippen molar-refractivity contribution in [1.29, 1.82) is 0 Å². The summed E-state index contributed by atoms with van der Waals surface area (Å²) in [6.45, 7) is 3.31. The van der Waals surface area contributed by atoms with Crippen LogP contribution in [0.1, 0.15) is 16.7 Å². The van der Waals surface area contributed by atoms with Gasteiger partial charge in [-0.15, -0.1) is 11.8 Å². The SMILES string of the molecule is Cc1cccc(NC(=O)CSCC(=O)NCc2ccccc2CN(C)C)c1. The first-order valence-corrected chi connectivity index (χ1v) is 10.0. The highest BCUT2D eigenvalue weighted by Crippen LogP contribution is 2.12. The minimum absolute atomic E-state index is 0.0667. The molecule has 0 atom stereocenters. The highest BCUT2D eigenvalue weighted by Gasteiger charge is 2.08. The van der Waals surface area contributed by atoms with Crippen LogP contribution in [0.3, 0.4) is 0 Å². The summed E-state index contributed by atoms with van der Waals surface area (Å²) in [4.78, 5) is 26.1. The number of aryl methyl sites for hydroxylation is 1. The van der Waals surface area contributed by atoms with Gasteiger partial charge in [-0.1, -0.05) is 36.4 Å². The normalized spacial score (nSPS) is 10.7. The van der Waals surface area contributed by atoms with Crippen LogP contribution < -0.4 is 10.6 Å². The molecular weight excluding hydrogens is 358 g/mol. The topological polar surface area (TPSA) is 61.4 Å². The Labute approximate surface area is 165 Å². The number of hydrogen-bond acceptors (Lipinski definition) is 4. The van der Waals surface area contributed by atoms with Gasteiger partial charge in [0.1, 0.15) is 0 Å². The van der Waals surface area contributed by atoms with E-state index in [4.69, 9.17) is 0 Å². The monoisotopic (exact) mass is 385 g/mol. The first-order valence-electron chi connectivity index (χ1n) is 8.86. The number of nitrogens with one attached hydrogen (secondary N) is 2. The van der Waals surface area contributed by atoms with E-state index in [1.54, 1.807) is 0 Å². The van der Waals surface area contributed by atoms with E-state index in [1.807, 2.05) is 63.5 Å². The Bertz CT molecular complexity index is 778. The fraction of sp³-hybridized carbons (Fsp3) is 0.333. The van der Waals surface area contributed by atoms with Crippen molar-refractivity contribution in [3.05, 3.63) is 65.2 Å². The number of benzene rings is 2. The third-order valence-corrected chi connectivity index (χ3v) is 4.78. The van der Waals surface area contributed by atoms with Gasteiger partial charge in [0.15, 0.2) is 0 Å². The number of thioether (sulfide) groups is 1. The molecule has 0 heterocycles. The number of carbonyl (C=O) groups is 2. The average molecular weight is 386 g/mol. The molecule has 0 unspecified atom stereocenters. The third-order valence-electron chi connectivity index (χ3n) is 3.85. The van der Waals surface area contributed by atoms with Crippen molar-refractivity contribution in [2.24, 2.45) is 0 Å². The standard InChI is InChI=1S/C21H27N3O2S/c1-16-7-6-10-19(11-16)23-21(26)15-27-14-20(25)22-12-17-8-4-5-9-18(17)13-24(2)3/h4-11H,12-15H2,1-3H3,(H,22,25)(H,23,26). The summed E-state index contributed by atoms with van der Waals surface area (Å²) in [5, 5.41) is 5.78. The van der Waals surface area contributed by atoms with E-state index in [-0.39, 0.29) is 23.3 Å². The van der Waals surface area contributed by atoms with Crippen LogP contribution in [0.5, 0.6) is 0 Å². The van der Waals surface area contributed by atoms with Gasteiger partial charge in [0.25, 0.3) is 0 Å². The minimum Gasteiger partial charge on any atom is -0.351 e. The number of anilines is 1. The molecule has 0 saturated heterocycles. The van der Waals surface area contributed by atoms with Crippen molar-refractivity contribution in [1.82, 2.24) is 10.2 Å². The van der Waals surface area contributed by atoms with Crippen LogP contribution in [0, 0.1) is 6.92 Å². The molecule has 0 aliphatic carbocycles. The van der Waals surface area contributed by atoms with Gasteiger partial charge in [-0.2, -0.15) is 0 Å². The zero-order valence-electron chi connectivity index (χ0n) is 16.1. The predicted molar refractivity (Wildman–Crippen MR) is 113 cm³/mol. The Morgan fingerprint density at radius 1 is 0.963 bits per heavy atom. The van der Waals surface area contributed by atoms with E-state index in [2.05, 4.69) is 21.6 Å². The molecule has 144 valence electrons. The van der Waals surface area contributed by atoms with Gasteiger partial charge in [-0.25, -0.2) is 0 Å². The van der Waals surface area contributed by atoms with Gasteiger partial charge >= 0.3 is 0 Å². The van der Waals surface area contributed by atoms with Crippen LogP contribution in [-0.2, 0) is 22.7 Å². The number of hydrogen-bond donors (Lipinski definition) is 2. The lowest BCUT2D eigenvalue weighted by atomic mass is 10.1. The molecule has 2 aromatic rings. The van der Waals surface area contributed by atoms with E-state index >= 15 is 0 Å². The summed E-state index contributed by atoms with van der Waals surface area (Å²) in [7, 11) is 4.04. The van der Waals surface area contributed by atoms with Crippen molar-refractivity contribution in [2.45, 2.75) is 20.0 Å². The number of amides is 2. The van der Waals surface area contributed by atoms with Crippen molar-refractivity contribution < 1.29 is 9.59 Å². The van der Waals surface area contributed by atoms with Gasteiger partial charge in [0, 0.05) is 18.8 Å². The molecule has 0 radical (unpaired) electrons. The molecule has 0 bridgehead atoms. The first-order chi connectivity index (χ1) is 12.9. The second-order valence-corrected chi connectivity index (χ2v) is 7.68. The maximum Gasteiger partial charge on any atom is 0.234 e. The van der Waals surface area contributed by atoms with Crippen molar-refractivity contribution >= 4 is 29.3 Å². The smallest absolute Gasteiger partial charge is 0.234 e. The summed E-state index contributed by atoms with van der Waals surface area (Å²) in [5.74, 6) is 0.341. The van der Waals surface area contributed by atoms with Crippen molar-refractivity contribution in [3.63, 3.8) is 0 Å². The van der Waals surface area contributed by atoms with Crippen LogP contribution in [-0.4, -0.2) is 42.3 Å². The Kier molecular flexibility index (Phi) is 8.36. The van der Waals surface area contributed by atoms with Gasteiger partial charge in [-0.3, -0.25) is 9.59 Å². The van der Waals surface area contributed by atoms with E-state index < -0.39 is 0 Å². The maximum atomic E-state index is 12.1. The maximum absolute atomic E-state index is 12.1. The lowest BCUT2D eigenvalue weighted by molar-refractivity contribution is -0.118. The fourth-order valence-electron chi connectivity index (χ4n) is 2.63. The van der Waals surface area contributed by atoms with Gasteiger partial charge in [0.05, 0.1) is 11.5 Å². The largest absolute Gasteiger partial charge is 0.351 e. The molecule has 0 aromatic heterocycles. The summed E-state index contributed by atoms with van der Waals surface area (Å²) in [6.07, 6.45) is 0. The van der Waals surface area contributed by atoms with Crippen LogP contribution in [0.2, 0.25) is 0 Å². The summed E-state index contributed by atoms with van der Waals surface area (Å²) >= 11 is 1.31.